The van der Waals surface area contributed by atoms with Crippen LogP contribution in [0.4, 0.5) is 0 Å². The Morgan fingerprint density at radius 3 is 2.71 bits per heavy atom. The summed E-state index contributed by atoms with van der Waals surface area (Å²) in [6.45, 7) is 0. The zero-order valence-corrected chi connectivity index (χ0v) is 15.1. The van der Waals surface area contributed by atoms with E-state index in [2.05, 4.69) is 35.7 Å². The molecule has 0 spiro atoms. The smallest absolute Gasteiger partial charge is 0.410 e. The first-order chi connectivity index (χ1) is 7.66. The number of amides is 1. The number of rotatable bonds is 1. The SMILES string of the molecule is O=C(NNC(=S)[S-])c1cc2c(s1)CCCC2.[K+]. The van der Waals surface area contributed by atoms with E-state index in [9.17, 15) is 4.79 Å². The molecular weight excluding hydrogens is 299 g/mol. The van der Waals surface area contributed by atoms with Crippen molar-refractivity contribution in [1.82, 2.24) is 10.9 Å². The fourth-order valence-corrected chi connectivity index (χ4v) is 3.02. The Labute approximate surface area is 158 Å². The number of hydrogen-bond donors (Lipinski definition) is 2. The molecule has 0 saturated heterocycles. The van der Waals surface area contributed by atoms with Crippen LogP contribution in [-0.4, -0.2) is 10.2 Å². The first-order valence-corrected chi connectivity index (χ1v) is 6.69. The number of nitrogens with one attached hydrogen (secondary N) is 2. The average molecular weight is 311 g/mol. The Kier molecular flexibility index (Phi) is 7.04. The van der Waals surface area contributed by atoms with Crippen LogP contribution < -0.4 is 62.2 Å². The molecule has 1 aromatic rings. The third-order valence-electron chi connectivity index (χ3n) is 2.50. The third-order valence-corrected chi connectivity index (χ3v) is 3.94. The molecule has 7 heteroatoms. The molecule has 1 aromatic heterocycles. The number of thiocarbonyl (C=S) groups is 1. The topological polar surface area (TPSA) is 41.1 Å². The summed E-state index contributed by atoms with van der Waals surface area (Å²) in [5, 5.41) is 0. The van der Waals surface area contributed by atoms with Gasteiger partial charge in [0, 0.05) is 4.88 Å². The van der Waals surface area contributed by atoms with Gasteiger partial charge >= 0.3 is 51.4 Å². The van der Waals surface area contributed by atoms with Gasteiger partial charge in [0.1, 0.15) is 0 Å². The molecule has 1 heterocycles. The van der Waals surface area contributed by atoms with E-state index < -0.39 is 0 Å². The maximum Gasteiger partial charge on any atom is 1.00 e. The van der Waals surface area contributed by atoms with E-state index in [1.54, 1.807) is 11.3 Å². The van der Waals surface area contributed by atoms with Crippen LogP contribution in [0, 0.1) is 0 Å². The molecule has 0 bridgehead atoms. The molecule has 1 aliphatic rings. The molecule has 17 heavy (non-hydrogen) atoms. The maximum absolute atomic E-state index is 11.7. The first kappa shape index (κ1) is 16.0. The average Bonchev–Trinajstić information content (AvgIpc) is 2.69. The van der Waals surface area contributed by atoms with Crippen LogP contribution in [0.3, 0.4) is 0 Å². The van der Waals surface area contributed by atoms with Crippen LogP contribution in [0.25, 0.3) is 0 Å². The molecule has 3 nitrogen and oxygen atoms in total. The minimum absolute atomic E-state index is 0. The second-order valence-corrected chi connectivity index (χ2v) is 5.84. The van der Waals surface area contributed by atoms with Crippen molar-refractivity contribution in [3.63, 3.8) is 0 Å². The fourth-order valence-electron chi connectivity index (χ4n) is 1.77. The summed E-state index contributed by atoms with van der Waals surface area (Å²) in [7, 11) is 0. The molecule has 1 aliphatic carbocycles. The zero-order chi connectivity index (χ0) is 11.5. The molecule has 2 N–H and O–H groups in total. The molecule has 1 amide bonds. The van der Waals surface area contributed by atoms with Gasteiger partial charge in [0.05, 0.1) is 4.88 Å². The van der Waals surface area contributed by atoms with Crippen molar-refractivity contribution in [3.8, 4) is 0 Å². The van der Waals surface area contributed by atoms with Crippen molar-refractivity contribution in [1.29, 1.82) is 0 Å². The van der Waals surface area contributed by atoms with Gasteiger partial charge in [0.15, 0.2) is 0 Å². The second-order valence-electron chi connectivity index (χ2n) is 3.63. The van der Waals surface area contributed by atoms with Crippen LogP contribution in [0.2, 0.25) is 0 Å². The number of carbonyl (C=O) groups is 1. The van der Waals surface area contributed by atoms with E-state index >= 15 is 0 Å². The van der Waals surface area contributed by atoms with E-state index in [1.807, 2.05) is 6.07 Å². The first-order valence-electron chi connectivity index (χ1n) is 5.06. The molecule has 0 unspecified atom stereocenters. The molecule has 0 fully saturated rings. The molecule has 2 rings (SSSR count). The van der Waals surface area contributed by atoms with Crippen LogP contribution in [0.1, 0.15) is 33.0 Å². The predicted molar refractivity (Wildman–Crippen MR) is 71.5 cm³/mol. The Balaban J connectivity index is 0.00000144. The van der Waals surface area contributed by atoms with E-state index in [1.165, 1.54) is 23.3 Å². The van der Waals surface area contributed by atoms with Crippen LogP contribution in [-0.2, 0) is 25.5 Å². The number of fused-ring (bicyclic) bond motifs is 1. The summed E-state index contributed by atoms with van der Waals surface area (Å²) in [6, 6.07) is 1.97. The van der Waals surface area contributed by atoms with E-state index in [0.29, 0.717) is 0 Å². The molecule has 86 valence electrons. The quantitative estimate of drug-likeness (QED) is 0.293. The normalized spacial score (nSPS) is 13.2. The second kappa shape index (κ2) is 7.49. The number of carbonyl (C=O) groups excluding carboxylic acids is 1. The Morgan fingerprint density at radius 2 is 2.06 bits per heavy atom. The van der Waals surface area contributed by atoms with E-state index in [0.717, 1.165) is 17.7 Å². The Morgan fingerprint density at radius 1 is 1.35 bits per heavy atom. The van der Waals surface area contributed by atoms with Gasteiger partial charge in [-0.3, -0.25) is 10.2 Å². The van der Waals surface area contributed by atoms with Crippen LogP contribution in [0.15, 0.2) is 6.07 Å². The van der Waals surface area contributed by atoms with Gasteiger partial charge in [0.25, 0.3) is 5.91 Å². The summed E-state index contributed by atoms with van der Waals surface area (Å²) in [4.78, 5) is 13.8. The number of hydrazine groups is 1. The van der Waals surface area contributed by atoms with Crippen molar-refractivity contribution < 1.29 is 56.2 Å². The Hall–Kier alpha value is 0.916. The molecule has 0 saturated carbocycles. The number of aryl methyl sites for hydroxylation is 2. The summed E-state index contributed by atoms with van der Waals surface area (Å²) < 4.78 is 0.148. The molecule has 0 radical (unpaired) electrons. The van der Waals surface area contributed by atoms with Gasteiger partial charge in [-0.15, -0.1) is 11.3 Å². The van der Waals surface area contributed by atoms with Crippen molar-refractivity contribution >= 4 is 46.4 Å². The standard InChI is InChI=1S/C10H12N2OS3.K/c13-9(11-12-10(14)15)8-5-6-3-1-2-4-7(6)16-8;/h5H,1-4H2,(H,11,13)(H2,12,14,15);/q;+1/p-1. The van der Waals surface area contributed by atoms with Gasteiger partial charge in [-0.2, -0.15) is 0 Å². The largest absolute Gasteiger partial charge is 1.00 e. The molecular formula is C10H11KN2OS3. The number of thiophene rings is 1. The summed E-state index contributed by atoms with van der Waals surface area (Å²) in [6.07, 6.45) is 4.63. The van der Waals surface area contributed by atoms with Crippen molar-refractivity contribution in [2.75, 3.05) is 0 Å². The summed E-state index contributed by atoms with van der Waals surface area (Å²) in [5.41, 5.74) is 6.28. The molecule has 0 atom stereocenters. The minimum Gasteiger partial charge on any atom is -0.410 e. The van der Waals surface area contributed by atoms with Gasteiger partial charge < -0.3 is 30.3 Å². The van der Waals surface area contributed by atoms with Crippen molar-refractivity contribution in [2.45, 2.75) is 25.7 Å². The maximum atomic E-state index is 11.7. The predicted octanol–water partition coefficient (Wildman–Crippen LogP) is -1.30. The van der Waals surface area contributed by atoms with Crippen molar-refractivity contribution in [3.05, 3.63) is 21.4 Å². The van der Waals surface area contributed by atoms with Crippen LogP contribution >= 0.6 is 23.6 Å². The summed E-state index contributed by atoms with van der Waals surface area (Å²) >= 11 is 10.9. The fraction of sp³-hybridized carbons (Fsp3) is 0.400. The molecule has 0 aliphatic heterocycles. The van der Waals surface area contributed by atoms with Gasteiger partial charge in [-0.05, 0) is 41.6 Å². The third kappa shape index (κ3) is 4.50. The van der Waals surface area contributed by atoms with Gasteiger partial charge in [-0.25, -0.2) is 0 Å². The minimum atomic E-state index is -0.161. The molecule has 0 aromatic carbocycles. The monoisotopic (exact) mass is 310 g/mol. The van der Waals surface area contributed by atoms with E-state index in [4.69, 9.17) is 0 Å². The number of hydrogen-bond acceptors (Lipinski definition) is 4. The summed E-state index contributed by atoms with van der Waals surface area (Å²) in [5.74, 6) is -0.161. The van der Waals surface area contributed by atoms with E-state index in [-0.39, 0.29) is 61.6 Å². The Bertz CT molecular complexity index is 410. The van der Waals surface area contributed by atoms with Crippen LogP contribution in [0.5, 0.6) is 0 Å². The van der Waals surface area contributed by atoms with Crippen molar-refractivity contribution in [2.24, 2.45) is 0 Å². The zero-order valence-electron chi connectivity index (χ0n) is 9.54. The van der Waals surface area contributed by atoms with Gasteiger partial charge in [-0.1, -0.05) is 0 Å². The van der Waals surface area contributed by atoms with Gasteiger partial charge in [0.2, 0.25) is 0 Å².